The third kappa shape index (κ3) is 6.86. The number of likely N-dealkylation sites (N-methyl/N-ethyl adjacent to an activating group) is 1. The molecule has 8 heteroatoms. The lowest BCUT2D eigenvalue weighted by Crippen LogP contribution is -2.55. The van der Waals surface area contributed by atoms with E-state index in [0.717, 1.165) is 50.5 Å². The Labute approximate surface area is 268 Å². The van der Waals surface area contributed by atoms with E-state index in [4.69, 9.17) is 0 Å². The molecule has 0 aliphatic heterocycles. The predicted molar refractivity (Wildman–Crippen MR) is 179 cm³/mol. The zero-order chi connectivity index (χ0) is 32.0. The molecular weight excluding hydrogens is 576 g/mol. The van der Waals surface area contributed by atoms with Crippen LogP contribution >= 0.6 is 0 Å². The Balaban J connectivity index is 1.21. The zero-order valence-corrected chi connectivity index (χ0v) is 25.9. The fourth-order valence-electron chi connectivity index (χ4n) is 6.45. The molecule has 6 rings (SSSR count). The van der Waals surface area contributed by atoms with E-state index >= 15 is 0 Å². The number of nitrogens with zero attached hydrogens (tertiary/aromatic N) is 1. The number of carbonyl (C=O) groups excluding carboxylic acids is 4. The summed E-state index contributed by atoms with van der Waals surface area (Å²) in [5, 5.41) is 9.05. The van der Waals surface area contributed by atoms with Crippen molar-refractivity contribution < 1.29 is 19.2 Å². The lowest BCUT2D eigenvalue weighted by atomic mass is 9.83. The van der Waals surface area contributed by atoms with E-state index in [-0.39, 0.29) is 36.6 Å². The molecular formula is C38H38N4O4. The van der Waals surface area contributed by atoms with Crippen molar-refractivity contribution in [2.45, 2.75) is 50.6 Å². The van der Waals surface area contributed by atoms with Crippen molar-refractivity contribution in [2.75, 3.05) is 7.05 Å². The van der Waals surface area contributed by atoms with E-state index in [1.54, 1.807) is 6.20 Å². The van der Waals surface area contributed by atoms with Crippen molar-refractivity contribution in [3.8, 4) is 0 Å². The summed E-state index contributed by atoms with van der Waals surface area (Å²) in [4.78, 5) is 58.7. The molecule has 1 aromatic heterocycles. The molecule has 5 aromatic rings. The number of amides is 4. The standard InChI is InChI=1S/C38H38N4O4/c1-42(35(43)23-25-11-3-2-4-12-25)38(46)34(22-26-19-20-27-13-5-6-14-28(27)21-26)41-36(44)30-16-8-10-18-33(30)40-37(45)31-24-39-32-17-9-7-15-29(31)32/h2-7,9,11-15,17,19-21,24,30,33-34,39H,8,10,16,18,22-23H2,1H3,(H,40,45)(H,41,44)/t30-,33+,34+/m1/s1. The van der Waals surface area contributed by atoms with Crippen LogP contribution in [-0.2, 0) is 27.2 Å². The number of imide groups is 1. The van der Waals surface area contributed by atoms with Crippen LogP contribution in [0.2, 0.25) is 0 Å². The summed E-state index contributed by atoms with van der Waals surface area (Å²) >= 11 is 0. The van der Waals surface area contributed by atoms with Gasteiger partial charge in [0.15, 0.2) is 0 Å². The molecule has 0 spiro atoms. The smallest absolute Gasteiger partial charge is 0.253 e. The molecule has 0 unspecified atom stereocenters. The summed E-state index contributed by atoms with van der Waals surface area (Å²) in [6.07, 6.45) is 4.96. The summed E-state index contributed by atoms with van der Waals surface area (Å²) in [5.74, 6) is -1.88. The number of aromatic nitrogens is 1. The normalized spacial score (nSPS) is 16.9. The van der Waals surface area contributed by atoms with Gasteiger partial charge in [0.05, 0.1) is 17.9 Å². The Morgan fingerprint density at radius 1 is 0.826 bits per heavy atom. The van der Waals surface area contributed by atoms with Crippen LogP contribution in [0.25, 0.3) is 21.7 Å². The molecule has 0 saturated heterocycles. The van der Waals surface area contributed by atoms with E-state index in [2.05, 4.69) is 15.6 Å². The number of benzene rings is 4. The molecule has 1 fully saturated rings. The summed E-state index contributed by atoms with van der Waals surface area (Å²) in [6.45, 7) is 0. The second kappa shape index (κ2) is 13.8. The van der Waals surface area contributed by atoms with E-state index in [0.29, 0.717) is 18.4 Å². The molecule has 0 bridgehead atoms. The van der Waals surface area contributed by atoms with Gasteiger partial charge in [-0.3, -0.25) is 24.1 Å². The van der Waals surface area contributed by atoms with Crippen LogP contribution in [0, 0.1) is 5.92 Å². The molecule has 8 nitrogen and oxygen atoms in total. The topological polar surface area (TPSA) is 111 Å². The predicted octanol–water partition coefficient (Wildman–Crippen LogP) is 5.56. The van der Waals surface area contributed by atoms with Crippen molar-refractivity contribution in [1.29, 1.82) is 0 Å². The van der Waals surface area contributed by atoms with Gasteiger partial charge in [0, 0.05) is 36.6 Å². The van der Waals surface area contributed by atoms with Crippen molar-refractivity contribution >= 4 is 45.3 Å². The van der Waals surface area contributed by atoms with Gasteiger partial charge in [-0.1, -0.05) is 104 Å². The average Bonchev–Trinajstić information content (AvgIpc) is 3.52. The zero-order valence-electron chi connectivity index (χ0n) is 25.9. The van der Waals surface area contributed by atoms with Crippen molar-refractivity contribution in [3.05, 3.63) is 120 Å². The van der Waals surface area contributed by atoms with Gasteiger partial charge in [-0.05, 0) is 40.8 Å². The second-order valence-electron chi connectivity index (χ2n) is 12.1. The Bertz CT molecular complexity index is 1880. The minimum Gasteiger partial charge on any atom is -0.360 e. The Morgan fingerprint density at radius 2 is 1.54 bits per heavy atom. The van der Waals surface area contributed by atoms with E-state index in [1.807, 2.05) is 97.1 Å². The molecule has 3 N–H and O–H groups in total. The highest BCUT2D eigenvalue weighted by molar-refractivity contribution is 6.07. The third-order valence-corrected chi connectivity index (χ3v) is 9.02. The minimum atomic E-state index is -0.967. The van der Waals surface area contributed by atoms with Gasteiger partial charge in [0.2, 0.25) is 11.8 Å². The lowest BCUT2D eigenvalue weighted by Gasteiger charge is -2.33. The summed E-state index contributed by atoms with van der Waals surface area (Å²) in [6, 6.07) is 29.4. The van der Waals surface area contributed by atoms with Crippen molar-refractivity contribution in [3.63, 3.8) is 0 Å². The second-order valence-corrected chi connectivity index (χ2v) is 12.1. The quantitative estimate of drug-likeness (QED) is 0.202. The maximum Gasteiger partial charge on any atom is 0.253 e. The van der Waals surface area contributed by atoms with Crippen LogP contribution in [0.3, 0.4) is 0 Å². The number of rotatable bonds is 9. The first kappa shape index (κ1) is 30.8. The van der Waals surface area contributed by atoms with Crippen LogP contribution < -0.4 is 10.6 Å². The van der Waals surface area contributed by atoms with Crippen molar-refractivity contribution in [2.24, 2.45) is 5.92 Å². The highest BCUT2D eigenvalue weighted by Crippen LogP contribution is 2.27. The Kier molecular flexibility index (Phi) is 9.24. The molecule has 1 aliphatic rings. The average molecular weight is 615 g/mol. The van der Waals surface area contributed by atoms with Gasteiger partial charge in [0.1, 0.15) is 6.04 Å². The minimum absolute atomic E-state index is 0.0737. The number of H-pyrrole nitrogens is 1. The van der Waals surface area contributed by atoms with Gasteiger partial charge >= 0.3 is 0 Å². The van der Waals surface area contributed by atoms with Crippen LogP contribution in [0.4, 0.5) is 0 Å². The number of aromatic amines is 1. The number of para-hydroxylation sites is 1. The molecule has 3 atom stereocenters. The molecule has 4 aromatic carbocycles. The van der Waals surface area contributed by atoms with Crippen LogP contribution in [-0.4, -0.2) is 52.6 Å². The highest BCUT2D eigenvalue weighted by atomic mass is 16.2. The largest absolute Gasteiger partial charge is 0.360 e. The van der Waals surface area contributed by atoms with Gasteiger partial charge in [-0.15, -0.1) is 0 Å². The van der Waals surface area contributed by atoms with Gasteiger partial charge in [-0.25, -0.2) is 0 Å². The molecule has 1 heterocycles. The van der Waals surface area contributed by atoms with E-state index in [9.17, 15) is 19.2 Å². The number of hydrogen-bond donors (Lipinski definition) is 3. The molecule has 46 heavy (non-hydrogen) atoms. The first-order valence-electron chi connectivity index (χ1n) is 15.9. The third-order valence-electron chi connectivity index (χ3n) is 9.02. The molecule has 1 saturated carbocycles. The van der Waals surface area contributed by atoms with E-state index < -0.39 is 17.9 Å². The molecule has 1 aliphatic carbocycles. The van der Waals surface area contributed by atoms with Crippen LogP contribution in [0.1, 0.15) is 47.2 Å². The summed E-state index contributed by atoms with van der Waals surface area (Å²) in [7, 11) is 1.47. The van der Waals surface area contributed by atoms with E-state index in [1.165, 1.54) is 7.05 Å². The Morgan fingerprint density at radius 3 is 2.37 bits per heavy atom. The maximum absolute atomic E-state index is 14.0. The van der Waals surface area contributed by atoms with Crippen LogP contribution in [0.5, 0.6) is 0 Å². The highest BCUT2D eigenvalue weighted by Gasteiger charge is 2.36. The SMILES string of the molecule is CN(C(=O)Cc1ccccc1)C(=O)[C@H](Cc1ccc2ccccc2c1)NC(=O)[C@@H]1CCCC[C@@H]1NC(=O)c1c[nH]c2ccccc12. The van der Waals surface area contributed by atoms with Crippen molar-refractivity contribution in [1.82, 2.24) is 20.5 Å². The van der Waals surface area contributed by atoms with Gasteiger partial charge in [0.25, 0.3) is 11.8 Å². The van der Waals surface area contributed by atoms with Gasteiger partial charge in [-0.2, -0.15) is 0 Å². The molecule has 0 radical (unpaired) electrons. The molecule has 234 valence electrons. The molecule has 4 amide bonds. The first-order chi connectivity index (χ1) is 22.4. The number of carbonyl (C=O) groups is 4. The number of fused-ring (bicyclic) bond motifs is 2. The number of nitrogens with one attached hydrogen (secondary N) is 3. The fraction of sp³-hybridized carbons (Fsp3) is 0.263. The fourth-order valence-corrected chi connectivity index (χ4v) is 6.45. The summed E-state index contributed by atoms with van der Waals surface area (Å²) in [5.41, 5.74) is 3.07. The maximum atomic E-state index is 14.0. The first-order valence-corrected chi connectivity index (χ1v) is 15.9. The number of hydrogen-bond acceptors (Lipinski definition) is 4. The Hall–Kier alpha value is -5.24. The lowest BCUT2D eigenvalue weighted by molar-refractivity contribution is -0.146. The van der Waals surface area contributed by atoms with Crippen LogP contribution in [0.15, 0.2) is 103 Å². The van der Waals surface area contributed by atoms with Gasteiger partial charge < -0.3 is 15.6 Å². The summed E-state index contributed by atoms with van der Waals surface area (Å²) < 4.78 is 0. The monoisotopic (exact) mass is 614 g/mol.